The molecule has 1 heterocycles. The normalized spacial score (nSPS) is 19.4. The van der Waals surface area contributed by atoms with E-state index in [1.807, 2.05) is 13.8 Å². The summed E-state index contributed by atoms with van der Waals surface area (Å²) in [5.74, 6) is 0. The average molecular weight is 251 g/mol. The maximum absolute atomic E-state index is 8.94. The SMILES string of the molecule is CC(CN1CCCCC1)NCCCC(C)(C)C#N. The molecule has 1 fully saturated rings. The average Bonchev–Trinajstić information content (AvgIpc) is 2.36. The molecule has 0 saturated carbocycles. The Balaban J connectivity index is 2.06. The molecule has 0 bridgehead atoms. The van der Waals surface area contributed by atoms with Crippen molar-refractivity contribution in [1.82, 2.24) is 10.2 Å². The highest BCUT2D eigenvalue weighted by molar-refractivity contribution is 4.91. The summed E-state index contributed by atoms with van der Waals surface area (Å²) in [5, 5.41) is 12.5. The summed E-state index contributed by atoms with van der Waals surface area (Å²) >= 11 is 0. The van der Waals surface area contributed by atoms with Gasteiger partial charge in [-0.2, -0.15) is 5.26 Å². The molecular weight excluding hydrogens is 222 g/mol. The lowest BCUT2D eigenvalue weighted by atomic mass is 9.90. The van der Waals surface area contributed by atoms with Gasteiger partial charge in [-0.25, -0.2) is 0 Å². The van der Waals surface area contributed by atoms with Crippen molar-refractivity contribution in [1.29, 1.82) is 5.26 Å². The Hall–Kier alpha value is -0.590. The summed E-state index contributed by atoms with van der Waals surface area (Å²) in [6, 6.07) is 2.92. The van der Waals surface area contributed by atoms with E-state index in [-0.39, 0.29) is 5.41 Å². The van der Waals surface area contributed by atoms with Gasteiger partial charge < -0.3 is 10.2 Å². The Morgan fingerprint density at radius 1 is 1.28 bits per heavy atom. The van der Waals surface area contributed by atoms with Gasteiger partial charge in [0.05, 0.1) is 11.5 Å². The second-order valence-electron chi connectivity index (χ2n) is 6.32. The molecule has 1 saturated heterocycles. The van der Waals surface area contributed by atoms with E-state index in [1.54, 1.807) is 0 Å². The summed E-state index contributed by atoms with van der Waals surface area (Å²) in [4.78, 5) is 2.57. The van der Waals surface area contributed by atoms with Crippen LogP contribution in [-0.2, 0) is 0 Å². The molecule has 0 spiro atoms. The summed E-state index contributed by atoms with van der Waals surface area (Å²) in [5.41, 5.74) is -0.169. The van der Waals surface area contributed by atoms with E-state index in [0.717, 1.165) is 19.4 Å². The van der Waals surface area contributed by atoms with Crippen LogP contribution in [0.15, 0.2) is 0 Å². The number of hydrogen-bond acceptors (Lipinski definition) is 3. The Morgan fingerprint density at radius 2 is 1.94 bits per heavy atom. The predicted octanol–water partition coefficient (Wildman–Crippen LogP) is 2.78. The van der Waals surface area contributed by atoms with Crippen LogP contribution in [-0.4, -0.2) is 37.1 Å². The Labute approximate surface area is 113 Å². The Morgan fingerprint density at radius 3 is 2.56 bits per heavy atom. The van der Waals surface area contributed by atoms with E-state index in [0.29, 0.717) is 6.04 Å². The van der Waals surface area contributed by atoms with E-state index >= 15 is 0 Å². The summed E-state index contributed by atoms with van der Waals surface area (Å²) in [6.07, 6.45) is 6.20. The van der Waals surface area contributed by atoms with Crippen LogP contribution in [0.4, 0.5) is 0 Å². The molecule has 1 atom stereocenters. The molecule has 18 heavy (non-hydrogen) atoms. The number of likely N-dealkylation sites (tertiary alicyclic amines) is 1. The van der Waals surface area contributed by atoms with Crippen molar-refractivity contribution in [2.75, 3.05) is 26.2 Å². The van der Waals surface area contributed by atoms with Gasteiger partial charge in [0, 0.05) is 12.6 Å². The van der Waals surface area contributed by atoms with Crippen LogP contribution in [0.5, 0.6) is 0 Å². The van der Waals surface area contributed by atoms with Gasteiger partial charge in [0.15, 0.2) is 0 Å². The first-order valence-corrected chi connectivity index (χ1v) is 7.40. The number of hydrogen-bond donors (Lipinski definition) is 1. The van der Waals surface area contributed by atoms with E-state index in [2.05, 4.69) is 23.2 Å². The third-order valence-corrected chi connectivity index (χ3v) is 3.75. The molecule has 0 aromatic carbocycles. The van der Waals surface area contributed by atoms with Crippen LogP contribution in [0.3, 0.4) is 0 Å². The highest BCUT2D eigenvalue weighted by atomic mass is 15.1. The maximum atomic E-state index is 8.94. The van der Waals surface area contributed by atoms with E-state index in [9.17, 15) is 0 Å². The summed E-state index contributed by atoms with van der Waals surface area (Å²) < 4.78 is 0. The van der Waals surface area contributed by atoms with Gasteiger partial charge in [0.1, 0.15) is 0 Å². The molecule has 1 rings (SSSR count). The lowest BCUT2D eigenvalue weighted by Crippen LogP contribution is -2.41. The molecule has 0 amide bonds. The largest absolute Gasteiger partial charge is 0.313 e. The van der Waals surface area contributed by atoms with E-state index in [4.69, 9.17) is 5.26 Å². The molecular formula is C15H29N3. The lowest BCUT2D eigenvalue weighted by molar-refractivity contribution is 0.208. The van der Waals surface area contributed by atoms with Crippen LogP contribution in [0, 0.1) is 16.7 Å². The van der Waals surface area contributed by atoms with Crippen LogP contribution >= 0.6 is 0 Å². The van der Waals surface area contributed by atoms with Gasteiger partial charge in [0.25, 0.3) is 0 Å². The summed E-state index contributed by atoms with van der Waals surface area (Å²) in [7, 11) is 0. The minimum atomic E-state index is -0.169. The topological polar surface area (TPSA) is 39.1 Å². The third kappa shape index (κ3) is 6.37. The zero-order valence-electron chi connectivity index (χ0n) is 12.3. The minimum Gasteiger partial charge on any atom is -0.313 e. The van der Waals surface area contributed by atoms with Gasteiger partial charge in [-0.05, 0) is 66.1 Å². The number of nitrogens with one attached hydrogen (secondary N) is 1. The smallest absolute Gasteiger partial charge is 0.0683 e. The van der Waals surface area contributed by atoms with Gasteiger partial charge in [-0.15, -0.1) is 0 Å². The zero-order chi connectivity index (χ0) is 13.4. The van der Waals surface area contributed by atoms with Crippen molar-refractivity contribution in [3.63, 3.8) is 0 Å². The first-order valence-electron chi connectivity index (χ1n) is 7.40. The van der Waals surface area contributed by atoms with Gasteiger partial charge in [0.2, 0.25) is 0 Å². The number of rotatable bonds is 7. The van der Waals surface area contributed by atoms with Crippen LogP contribution < -0.4 is 5.32 Å². The highest BCUT2D eigenvalue weighted by Gasteiger charge is 2.16. The van der Waals surface area contributed by atoms with Crippen molar-refractivity contribution in [2.24, 2.45) is 5.41 Å². The number of piperidine rings is 1. The zero-order valence-corrected chi connectivity index (χ0v) is 12.3. The first-order chi connectivity index (χ1) is 8.53. The quantitative estimate of drug-likeness (QED) is 0.707. The molecule has 0 aliphatic carbocycles. The molecule has 0 aromatic rings. The van der Waals surface area contributed by atoms with Gasteiger partial charge >= 0.3 is 0 Å². The molecule has 0 radical (unpaired) electrons. The van der Waals surface area contributed by atoms with Crippen LogP contribution in [0.2, 0.25) is 0 Å². The third-order valence-electron chi connectivity index (χ3n) is 3.75. The van der Waals surface area contributed by atoms with Crippen molar-refractivity contribution >= 4 is 0 Å². The monoisotopic (exact) mass is 251 g/mol. The molecule has 1 aliphatic rings. The molecule has 1 aliphatic heterocycles. The number of nitriles is 1. The fourth-order valence-corrected chi connectivity index (χ4v) is 2.53. The van der Waals surface area contributed by atoms with E-state index < -0.39 is 0 Å². The molecule has 1 N–H and O–H groups in total. The Kier molecular flexibility index (Phi) is 6.67. The molecule has 0 aromatic heterocycles. The van der Waals surface area contributed by atoms with Crippen molar-refractivity contribution in [2.45, 2.75) is 58.9 Å². The summed E-state index contributed by atoms with van der Waals surface area (Å²) in [6.45, 7) is 11.0. The fourth-order valence-electron chi connectivity index (χ4n) is 2.53. The minimum absolute atomic E-state index is 0.169. The number of nitrogens with zero attached hydrogens (tertiary/aromatic N) is 2. The standard InChI is InChI=1S/C15H29N3/c1-14(12-18-10-5-4-6-11-18)17-9-7-8-15(2,3)13-16/h14,17H,4-12H2,1-3H3. The second kappa shape index (κ2) is 7.76. The van der Waals surface area contributed by atoms with Crippen molar-refractivity contribution in [3.05, 3.63) is 0 Å². The second-order valence-corrected chi connectivity index (χ2v) is 6.32. The Bertz CT molecular complexity index is 261. The van der Waals surface area contributed by atoms with Crippen LogP contribution in [0.25, 0.3) is 0 Å². The molecule has 3 nitrogen and oxygen atoms in total. The van der Waals surface area contributed by atoms with Crippen LogP contribution in [0.1, 0.15) is 52.9 Å². The van der Waals surface area contributed by atoms with Gasteiger partial charge in [-0.3, -0.25) is 0 Å². The van der Waals surface area contributed by atoms with Gasteiger partial charge in [-0.1, -0.05) is 6.42 Å². The first kappa shape index (κ1) is 15.5. The molecule has 1 unspecified atom stereocenters. The maximum Gasteiger partial charge on any atom is 0.0683 e. The fraction of sp³-hybridized carbons (Fsp3) is 0.933. The highest BCUT2D eigenvalue weighted by Crippen LogP contribution is 2.19. The van der Waals surface area contributed by atoms with Crippen molar-refractivity contribution < 1.29 is 0 Å². The predicted molar refractivity (Wildman–Crippen MR) is 76.4 cm³/mol. The molecule has 3 heteroatoms. The van der Waals surface area contributed by atoms with E-state index in [1.165, 1.54) is 38.9 Å². The lowest BCUT2D eigenvalue weighted by Gasteiger charge is -2.29. The molecule has 104 valence electrons. The van der Waals surface area contributed by atoms with Crippen molar-refractivity contribution in [3.8, 4) is 6.07 Å².